The molecule has 2 amide bonds. The molecule has 3 rings (SSSR count). The maximum atomic E-state index is 12.3. The van der Waals surface area contributed by atoms with Crippen molar-refractivity contribution >= 4 is 11.8 Å². The molecule has 0 saturated carbocycles. The van der Waals surface area contributed by atoms with Gasteiger partial charge < -0.3 is 15.5 Å². The topological polar surface area (TPSA) is 61.4 Å². The minimum absolute atomic E-state index is 0.0284. The summed E-state index contributed by atoms with van der Waals surface area (Å²) in [5.74, 6) is 0.578. The summed E-state index contributed by atoms with van der Waals surface area (Å²) in [5.41, 5.74) is 2.32. The number of carbonyl (C=O) groups excluding carboxylic acids is 2. The van der Waals surface area contributed by atoms with E-state index in [4.69, 9.17) is 0 Å². The van der Waals surface area contributed by atoms with Gasteiger partial charge in [-0.05, 0) is 44.3 Å². The Morgan fingerprint density at radius 2 is 2.12 bits per heavy atom. The predicted molar refractivity (Wildman–Crippen MR) is 93.3 cm³/mol. The van der Waals surface area contributed by atoms with Crippen molar-refractivity contribution in [2.24, 2.45) is 11.8 Å². The molecule has 2 saturated heterocycles. The van der Waals surface area contributed by atoms with Crippen LogP contribution in [0.3, 0.4) is 0 Å². The lowest BCUT2D eigenvalue weighted by Gasteiger charge is -2.17. The van der Waals surface area contributed by atoms with E-state index in [1.807, 2.05) is 19.1 Å². The van der Waals surface area contributed by atoms with Crippen molar-refractivity contribution in [3.8, 4) is 0 Å². The van der Waals surface area contributed by atoms with Gasteiger partial charge in [-0.25, -0.2) is 0 Å². The summed E-state index contributed by atoms with van der Waals surface area (Å²) < 4.78 is 0. The minimum Gasteiger partial charge on any atom is -0.356 e. The third-order valence-corrected chi connectivity index (χ3v) is 5.09. The van der Waals surface area contributed by atoms with Crippen molar-refractivity contribution in [2.45, 2.75) is 32.7 Å². The average Bonchev–Trinajstić information content (AvgIpc) is 3.20. The van der Waals surface area contributed by atoms with Crippen molar-refractivity contribution in [2.75, 3.05) is 26.2 Å². The van der Waals surface area contributed by atoms with E-state index in [0.29, 0.717) is 32.0 Å². The molecule has 2 unspecified atom stereocenters. The van der Waals surface area contributed by atoms with Gasteiger partial charge >= 0.3 is 0 Å². The molecule has 0 aliphatic carbocycles. The van der Waals surface area contributed by atoms with Crippen LogP contribution in [-0.2, 0) is 16.1 Å². The molecule has 0 radical (unpaired) electrons. The molecule has 0 spiro atoms. The Hall–Kier alpha value is -1.88. The van der Waals surface area contributed by atoms with E-state index >= 15 is 0 Å². The highest BCUT2D eigenvalue weighted by molar-refractivity contribution is 5.89. The zero-order valence-electron chi connectivity index (χ0n) is 14.4. The fourth-order valence-electron chi connectivity index (χ4n) is 3.52. The van der Waals surface area contributed by atoms with Gasteiger partial charge in [-0.2, -0.15) is 0 Å². The Labute approximate surface area is 143 Å². The standard InChI is InChI=1S/C19H27N3O2/c1-14-2-4-16(5-3-14)12-22-13-17(10-18(22)23)19(24)21-9-7-15-6-8-20-11-15/h2-5,15,17,20H,6-13H2,1H3,(H,21,24). The number of benzene rings is 1. The SMILES string of the molecule is Cc1ccc(CN2CC(C(=O)NCCC3CCNC3)CC2=O)cc1. The van der Waals surface area contributed by atoms with E-state index in [2.05, 4.69) is 22.8 Å². The Bertz CT molecular complexity index is 579. The Kier molecular flexibility index (Phi) is 5.51. The summed E-state index contributed by atoms with van der Waals surface area (Å²) in [5, 5.41) is 6.36. The van der Waals surface area contributed by atoms with Gasteiger partial charge in [-0.3, -0.25) is 9.59 Å². The van der Waals surface area contributed by atoms with E-state index < -0.39 is 0 Å². The summed E-state index contributed by atoms with van der Waals surface area (Å²) in [7, 11) is 0. The van der Waals surface area contributed by atoms with Crippen LogP contribution in [0.15, 0.2) is 24.3 Å². The van der Waals surface area contributed by atoms with E-state index in [0.717, 1.165) is 25.1 Å². The number of rotatable bonds is 6. The number of aryl methyl sites for hydroxylation is 1. The van der Waals surface area contributed by atoms with Crippen molar-refractivity contribution in [3.05, 3.63) is 35.4 Å². The zero-order chi connectivity index (χ0) is 16.9. The highest BCUT2D eigenvalue weighted by atomic mass is 16.2. The van der Waals surface area contributed by atoms with E-state index in [1.165, 1.54) is 12.0 Å². The molecular weight excluding hydrogens is 302 g/mol. The summed E-state index contributed by atoms with van der Waals surface area (Å²) in [6, 6.07) is 8.20. The molecule has 5 heteroatoms. The molecule has 0 bridgehead atoms. The second kappa shape index (κ2) is 7.79. The van der Waals surface area contributed by atoms with E-state index in [9.17, 15) is 9.59 Å². The number of hydrogen-bond donors (Lipinski definition) is 2. The summed E-state index contributed by atoms with van der Waals surface area (Å²) in [6.45, 7) is 6.03. The number of carbonyl (C=O) groups is 2. The fraction of sp³-hybridized carbons (Fsp3) is 0.579. The Balaban J connectivity index is 1.44. The Morgan fingerprint density at radius 1 is 1.33 bits per heavy atom. The first-order chi connectivity index (χ1) is 11.6. The smallest absolute Gasteiger partial charge is 0.225 e. The summed E-state index contributed by atoms with van der Waals surface area (Å²) in [6.07, 6.45) is 2.55. The number of hydrogen-bond acceptors (Lipinski definition) is 3. The molecule has 2 N–H and O–H groups in total. The molecule has 5 nitrogen and oxygen atoms in total. The maximum absolute atomic E-state index is 12.3. The van der Waals surface area contributed by atoms with Crippen LogP contribution in [0.25, 0.3) is 0 Å². The molecule has 2 heterocycles. The molecule has 2 atom stereocenters. The summed E-state index contributed by atoms with van der Waals surface area (Å²) in [4.78, 5) is 26.3. The highest BCUT2D eigenvalue weighted by Gasteiger charge is 2.34. The minimum atomic E-state index is -0.204. The first kappa shape index (κ1) is 17.0. The number of likely N-dealkylation sites (tertiary alicyclic amines) is 1. The van der Waals surface area contributed by atoms with Crippen LogP contribution in [-0.4, -0.2) is 42.9 Å². The van der Waals surface area contributed by atoms with Gasteiger partial charge in [0, 0.05) is 26.1 Å². The van der Waals surface area contributed by atoms with Gasteiger partial charge in [-0.15, -0.1) is 0 Å². The maximum Gasteiger partial charge on any atom is 0.225 e. The van der Waals surface area contributed by atoms with Crippen molar-refractivity contribution in [3.63, 3.8) is 0 Å². The van der Waals surface area contributed by atoms with Crippen molar-refractivity contribution in [1.29, 1.82) is 0 Å². The van der Waals surface area contributed by atoms with Crippen LogP contribution >= 0.6 is 0 Å². The van der Waals surface area contributed by atoms with Gasteiger partial charge in [-0.1, -0.05) is 29.8 Å². The second-order valence-electron chi connectivity index (χ2n) is 7.10. The third-order valence-electron chi connectivity index (χ3n) is 5.09. The molecule has 0 aromatic heterocycles. The largest absolute Gasteiger partial charge is 0.356 e. The lowest BCUT2D eigenvalue weighted by Crippen LogP contribution is -2.34. The summed E-state index contributed by atoms with van der Waals surface area (Å²) >= 11 is 0. The first-order valence-electron chi connectivity index (χ1n) is 8.93. The van der Waals surface area contributed by atoms with Crippen molar-refractivity contribution < 1.29 is 9.59 Å². The van der Waals surface area contributed by atoms with Crippen molar-refractivity contribution in [1.82, 2.24) is 15.5 Å². The molecule has 2 aliphatic heterocycles. The van der Waals surface area contributed by atoms with Crippen LogP contribution in [0.4, 0.5) is 0 Å². The number of amides is 2. The fourth-order valence-corrected chi connectivity index (χ4v) is 3.52. The molecule has 1 aromatic rings. The Morgan fingerprint density at radius 3 is 2.83 bits per heavy atom. The number of nitrogens with one attached hydrogen (secondary N) is 2. The van der Waals surface area contributed by atoms with Crippen LogP contribution in [0, 0.1) is 18.8 Å². The van der Waals surface area contributed by atoms with Gasteiger partial charge in [0.2, 0.25) is 11.8 Å². The molecule has 130 valence electrons. The monoisotopic (exact) mass is 329 g/mol. The molecule has 2 aliphatic rings. The van der Waals surface area contributed by atoms with E-state index in [-0.39, 0.29) is 17.7 Å². The van der Waals surface area contributed by atoms with Gasteiger partial charge in [0.25, 0.3) is 0 Å². The van der Waals surface area contributed by atoms with Gasteiger partial charge in [0.15, 0.2) is 0 Å². The van der Waals surface area contributed by atoms with Gasteiger partial charge in [0.05, 0.1) is 5.92 Å². The third kappa shape index (κ3) is 4.35. The lowest BCUT2D eigenvalue weighted by molar-refractivity contribution is -0.129. The predicted octanol–water partition coefficient (Wildman–Crippen LogP) is 1.46. The molecule has 2 fully saturated rings. The first-order valence-corrected chi connectivity index (χ1v) is 8.93. The lowest BCUT2D eigenvalue weighted by atomic mass is 10.0. The number of nitrogens with zero attached hydrogens (tertiary/aromatic N) is 1. The normalized spacial score (nSPS) is 23.7. The molecule has 24 heavy (non-hydrogen) atoms. The van der Waals surface area contributed by atoms with E-state index in [1.54, 1.807) is 4.90 Å². The van der Waals surface area contributed by atoms with Crippen LogP contribution in [0.1, 0.15) is 30.4 Å². The highest BCUT2D eigenvalue weighted by Crippen LogP contribution is 2.21. The van der Waals surface area contributed by atoms with Crippen LogP contribution in [0.2, 0.25) is 0 Å². The quantitative estimate of drug-likeness (QED) is 0.831. The molecule has 1 aromatic carbocycles. The van der Waals surface area contributed by atoms with Gasteiger partial charge in [0.1, 0.15) is 0 Å². The second-order valence-corrected chi connectivity index (χ2v) is 7.10. The van der Waals surface area contributed by atoms with Crippen LogP contribution in [0.5, 0.6) is 0 Å². The molecular formula is C19H27N3O2. The average molecular weight is 329 g/mol. The zero-order valence-corrected chi connectivity index (χ0v) is 14.4. The van der Waals surface area contributed by atoms with Crippen LogP contribution < -0.4 is 10.6 Å².